The molecule has 11 rings (SSSR count). The quantitative estimate of drug-likeness (QED) is 0.203. The first-order valence-electron chi connectivity index (χ1n) is 15.6. The van der Waals surface area contributed by atoms with Crippen LogP contribution < -0.4 is 0 Å². The Morgan fingerprint density at radius 1 is 0.478 bits per heavy atom. The van der Waals surface area contributed by atoms with Gasteiger partial charge in [0.25, 0.3) is 0 Å². The molecule has 5 heterocycles. The molecule has 0 bridgehead atoms. The number of nitrogens with zero attached hydrogens (tertiary/aromatic N) is 5. The van der Waals surface area contributed by atoms with Gasteiger partial charge in [-0.05, 0) is 35.7 Å². The van der Waals surface area contributed by atoms with E-state index >= 15 is 0 Å². The molecule has 0 radical (unpaired) electrons. The monoisotopic (exact) mass is 585 g/mol. The predicted molar refractivity (Wildman–Crippen MR) is 189 cm³/mol. The average Bonchev–Trinajstić information content (AvgIpc) is 3.76. The topological polar surface area (TPSA) is 48.0 Å². The molecule has 0 saturated carbocycles. The van der Waals surface area contributed by atoms with Crippen LogP contribution in [-0.2, 0) is 0 Å². The molecule has 0 saturated heterocycles. The fourth-order valence-corrected chi connectivity index (χ4v) is 7.82. The van der Waals surface area contributed by atoms with E-state index in [1.165, 1.54) is 59.6 Å². The minimum atomic E-state index is 0.637. The molecule has 5 heteroatoms. The van der Waals surface area contributed by atoms with Crippen LogP contribution >= 0.6 is 0 Å². The molecule has 0 atom stereocenters. The second-order valence-electron chi connectivity index (χ2n) is 12.0. The van der Waals surface area contributed by atoms with Crippen molar-refractivity contribution < 1.29 is 0 Å². The summed E-state index contributed by atoms with van der Waals surface area (Å²) in [6, 6.07) is 47.4. The van der Waals surface area contributed by atoms with E-state index in [1.807, 2.05) is 36.5 Å². The molecule has 0 fully saturated rings. The summed E-state index contributed by atoms with van der Waals surface area (Å²) >= 11 is 0. The molecule has 212 valence electrons. The fraction of sp³-hybridized carbons (Fsp3) is 0. The Balaban J connectivity index is 1.44. The Morgan fingerprint density at radius 3 is 2.07 bits per heavy atom. The highest BCUT2D eigenvalue weighted by molar-refractivity contribution is 6.35. The predicted octanol–water partition coefficient (Wildman–Crippen LogP) is 10.1. The summed E-state index contributed by atoms with van der Waals surface area (Å²) in [5, 5.41) is 9.69. The molecule has 0 aliphatic rings. The van der Waals surface area contributed by atoms with Gasteiger partial charge in [-0.2, -0.15) is 0 Å². The van der Waals surface area contributed by atoms with E-state index < -0.39 is 0 Å². The van der Waals surface area contributed by atoms with E-state index in [0.717, 1.165) is 33.3 Å². The molecule has 6 aromatic carbocycles. The van der Waals surface area contributed by atoms with Crippen molar-refractivity contribution >= 4 is 81.7 Å². The van der Waals surface area contributed by atoms with Crippen LogP contribution in [0.5, 0.6) is 0 Å². The molecule has 0 aliphatic carbocycles. The number of para-hydroxylation sites is 2. The zero-order chi connectivity index (χ0) is 29.9. The summed E-state index contributed by atoms with van der Waals surface area (Å²) in [5.74, 6) is 0.637. The first-order chi connectivity index (χ1) is 22.8. The van der Waals surface area contributed by atoms with Crippen LogP contribution in [0.3, 0.4) is 0 Å². The number of pyridine rings is 1. The lowest BCUT2D eigenvalue weighted by atomic mass is 10.0. The van der Waals surface area contributed by atoms with Crippen molar-refractivity contribution in [2.45, 2.75) is 0 Å². The third kappa shape index (κ3) is 2.97. The lowest BCUT2D eigenvalue weighted by Gasteiger charge is -2.12. The molecule has 0 aliphatic heterocycles. The van der Waals surface area contributed by atoms with Gasteiger partial charge in [0.05, 0.1) is 33.1 Å². The zero-order valence-electron chi connectivity index (χ0n) is 24.5. The first-order valence-corrected chi connectivity index (χ1v) is 15.6. The second-order valence-corrected chi connectivity index (χ2v) is 12.0. The number of benzene rings is 6. The van der Waals surface area contributed by atoms with Gasteiger partial charge in [-0.25, -0.2) is 9.97 Å². The lowest BCUT2D eigenvalue weighted by Crippen LogP contribution is -2.04. The van der Waals surface area contributed by atoms with Gasteiger partial charge in [0.1, 0.15) is 11.2 Å². The van der Waals surface area contributed by atoms with Gasteiger partial charge in [-0.15, -0.1) is 0 Å². The molecular formula is C41H23N5. The molecule has 11 aromatic rings. The van der Waals surface area contributed by atoms with Gasteiger partial charge < -0.3 is 4.40 Å². The van der Waals surface area contributed by atoms with Gasteiger partial charge in [0.15, 0.2) is 0 Å². The van der Waals surface area contributed by atoms with Crippen LogP contribution in [0.4, 0.5) is 0 Å². The Morgan fingerprint density at radius 2 is 1.20 bits per heavy atom. The van der Waals surface area contributed by atoms with Crippen molar-refractivity contribution in [1.82, 2.24) is 23.9 Å². The smallest absolute Gasteiger partial charge is 0.235 e. The maximum Gasteiger partial charge on any atom is 0.235 e. The minimum absolute atomic E-state index is 0.637. The number of fused-ring (bicyclic) bond motifs is 13. The van der Waals surface area contributed by atoms with Crippen LogP contribution in [0.25, 0.3) is 98.9 Å². The van der Waals surface area contributed by atoms with Crippen molar-refractivity contribution in [1.29, 1.82) is 0 Å². The average molecular weight is 586 g/mol. The molecule has 46 heavy (non-hydrogen) atoms. The van der Waals surface area contributed by atoms with Crippen LogP contribution in [-0.4, -0.2) is 23.9 Å². The maximum atomic E-state index is 5.37. The van der Waals surface area contributed by atoms with E-state index in [9.17, 15) is 0 Å². The maximum absolute atomic E-state index is 5.37. The highest BCUT2D eigenvalue weighted by Crippen LogP contribution is 2.47. The van der Waals surface area contributed by atoms with E-state index in [4.69, 9.17) is 15.0 Å². The lowest BCUT2D eigenvalue weighted by molar-refractivity contribution is 1.02. The van der Waals surface area contributed by atoms with E-state index in [-0.39, 0.29) is 0 Å². The molecule has 0 amide bonds. The Labute approximate surface area is 261 Å². The van der Waals surface area contributed by atoms with Gasteiger partial charge in [-0.3, -0.25) is 9.55 Å². The van der Waals surface area contributed by atoms with Crippen LogP contribution in [0.15, 0.2) is 140 Å². The summed E-state index contributed by atoms with van der Waals surface area (Å²) in [7, 11) is 0. The number of hydrogen-bond acceptors (Lipinski definition) is 3. The van der Waals surface area contributed by atoms with E-state index in [2.05, 4.69) is 112 Å². The van der Waals surface area contributed by atoms with Gasteiger partial charge >= 0.3 is 0 Å². The Kier molecular flexibility index (Phi) is 4.52. The molecule has 5 nitrogen and oxygen atoms in total. The zero-order valence-corrected chi connectivity index (χ0v) is 24.5. The molecular weight excluding hydrogens is 562 g/mol. The fourth-order valence-electron chi connectivity index (χ4n) is 7.82. The standard InChI is InChI=1S/C41H23N5/c1-2-12-25(13-3-1)36-37-32(17-10-22-42-37)43-41(44-36)46-38-26-14-5-4-11-24(26)20-21-28(38)31-23-30-27-15-6-8-18-33(27)45-34-19-9-7-16-29(34)35(39(30)45)40(31)46/h1-23H. The molecule has 5 aromatic heterocycles. The highest BCUT2D eigenvalue weighted by atomic mass is 15.2. The second kappa shape index (κ2) is 8.65. The van der Waals surface area contributed by atoms with E-state index in [0.29, 0.717) is 5.95 Å². The molecule has 0 N–H and O–H groups in total. The van der Waals surface area contributed by atoms with Gasteiger partial charge in [-0.1, -0.05) is 103 Å². The first kappa shape index (κ1) is 24.0. The van der Waals surface area contributed by atoms with Crippen molar-refractivity contribution in [3.63, 3.8) is 0 Å². The highest BCUT2D eigenvalue weighted by Gasteiger charge is 2.26. The van der Waals surface area contributed by atoms with E-state index in [1.54, 1.807) is 0 Å². The number of hydrogen-bond donors (Lipinski definition) is 0. The minimum Gasteiger partial charge on any atom is -0.308 e. The molecule has 0 spiro atoms. The Bertz CT molecular complexity index is 3020. The van der Waals surface area contributed by atoms with Crippen molar-refractivity contribution in [2.24, 2.45) is 0 Å². The Hall–Kier alpha value is -6.33. The van der Waals surface area contributed by atoms with Crippen LogP contribution in [0.1, 0.15) is 0 Å². The third-order valence-corrected chi connectivity index (χ3v) is 9.67. The van der Waals surface area contributed by atoms with Crippen molar-refractivity contribution in [3.05, 3.63) is 140 Å². The summed E-state index contributed by atoms with van der Waals surface area (Å²) in [6.45, 7) is 0. The summed E-state index contributed by atoms with van der Waals surface area (Å²) in [5.41, 5.74) is 9.32. The van der Waals surface area contributed by atoms with Crippen molar-refractivity contribution in [2.75, 3.05) is 0 Å². The number of rotatable bonds is 2. The van der Waals surface area contributed by atoms with Crippen LogP contribution in [0, 0.1) is 0 Å². The van der Waals surface area contributed by atoms with Gasteiger partial charge in [0.2, 0.25) is 5.95 Å². The van der Waals surface area contributed by atoms with Crippen LogP contribution in [0.2, 0.25) is 0 Å². The summed E-state index contributed by atoms with van der Waals surface area (Å²) < 4.78 is 4.76. The number of aromatic nitrogens is 5. The normalized spacial score (nSPS) is 12.3. The largest absolute Gasteiger partial charge is 0.308 e. The molecule has 0 unspecified atom stereocenters. The van der Waals surface area contributed by atoms with Crippen molar-refractivity contribution in [3.8, 4) is 17.2 Å². The summed E-state index contributed by atoms with van der Waals surface area (Å²) in [6.07, 6.45) is 1.82. The third-order valence-electron chi connectivity index (χ3n) is 9.67. The SMILES string of the molecule is c1ccc(-c2nc(-n3c4c5ccccc5ccc4c4cc5c6ccccc6n6c7ccccc7c(c43)c56)nc3cccnc23)cc1. The summed E-state index contributed by atoms with van der Waals surface area (Å²) in [4.78, 5) is 15.4. The van der Waals surface area contributed by atoms with Gasteiger partial charge in [0, 0.05) is 49.5 Å².